The number of nitrogens with zero attached hydrogens (tertiary/aromatic N) is 4. The van der Waals surface area contributed by atoms with E-state index in [0.717, 1.165) is 68.9 Å². The molecule has 1 saturated carbocycles. The lowest BCUT2D eigenvalue weighted by molar-refractivity contribution is 0.549. The van der Waals surface area contributed by atoms with Crippen molar-refractivity contribution in [1.82, 2.24) is 9.97 Å². The summed E-state index contributed by atoms with van der Waals surface area (Å²) in [5.41, 5.74) is 3.88. The summed E-state index contributed by atoms with van der Waals surface area (Å²) in [6, 6.07) is 22.3. The average Bonchev–Trinajstić information content (AvgIpc) is 3.75. The predicted octanol–water partition coefficient (Wildman–Crippen LogP) is 9.93. The van der Waals surface area contributed by atoms with Gasteiger partial charge in [0.05, 0.1) is 23.9 Å². The lowest BCUT2D eigenvalue weighted by Crippen LogP contribution is -2.16. The molecule has 0 unspecified atom stereocenters. The number of alkyl halides is 2. The second kappa shape index (κ2) is 16.6. The molecule has 0 amide bonds. The first-order valence-corrected chi connectivity index (χ1v) is 16.5. The Balaban J connectivity index is 0.000000178. The molecule has 0 N–H and O–H groups in total. The third-order valence-electron chi connectivity index (χ3n) is 5.99. The van der Waals surface area contributed by atoms with Crippen molar-refractivity contribution >= 4 is 54.5 Å². The Morgan fingerprint density at radius 1 is 0.842 bits per heavy atom. The number of rotatable bonds is 7. The van der Waals surface area contributed by atoms with E-state index in [2.05, 4.69) is 65.3 Å². The Kier molecular flexibility index (Phi) is 13.2. The number of hydrogen-bond acceptors (Lipinski definition) is 5. The second-order valence-corrected chi connectivity index (χ2v) is 12.1. The maximum Gasteiger partial charge on any atom is 0.283 e. The summed E-state index contributed by atoms with van der Waals surface area (Å²) in [7, 11) is 0. The zero-order valence-electron chi connectivity index (χ0n) is 21.2. The molecule has 0 atom stereocenters. The smallest absolute Gasteiger partial charge is 0.283 e. The van der Waals surface area contributed by atoms with E-state index < -0.39 is 0 Å². The van der Waals surface area contributed by atoms with E-state index in [1.165, 1.54) is 24.2 Å². The van der Waals surface area contributed by atoms with E-state index in [4.69, 9.17) is 16.8 Å². The molecule has 0 saturated heterocycles. The van der Waals surface area contributed by atoms with Crippen LogP contribution in [0, 0.1) is 17.9 Å². The molecule has 5 rings (SSSR count). The summed E-state index contributed by atoms with van der Waals surface area (Å²) in [6.07, 6.45) is 7.22. The van der Waals surface area contributed by atoms with Gasteiger partial charge in [-0.1, -0.05) is 92.5 Å². The van der Waals surface area contributed by atoms with E-state index in [1.54, 1.807) is 11.3 Å². The molecule has 0 spiro atoms. The van der Waals surface area contributed by atoms with Gasteiger partial charge in [-0.15, -0.1) is 22.7 Å². The first kappa shape index (κ1) is 30.2. The molecule has 0 aliphatic heterocycles. The van der Waals surface area contributed by atoms with E-state index >= 15 is 0 Å². The largest absolute Gasteiger partial charge is 0.303 e. The Bertz CT molecular complexity index is 1300. The van der Waals surface area contributed by atoms with Gasteiger partial charge in [-0.2, -0.15) is 5.26 Å². The van der Waals surface area contributed by atoms with Crippen molar-refractivity contribution in [3.63, 3.8) is 0 Å². The van der Waals surface area contributed by atoms with Crippen molar-refractivity contribution in [2.45, 2.75) is 50.5 Å². The number of thiazole rings is 2. The van der Waals surface area contributed by atoms with Crippen molar-refractivity contribution in [1.29, 1.82) is 5.26 Å². The molecule has 0 radical (unpaired) electrons. The highest BCUT2D eigenvalue weighted by atomic mass is 79.9. The molecule has 196 valence electrons. The minimum atomic E-state index is -0.322. The van der Waals surface area contributed by atoms with E-state index in [1.807, 2.05) is 53.9 Å². The average molecular weight is 671 g/mol. The Hall–Kier alpha value is -2.36. The zero-order chi connectivity index (χ0) is 27.1. The number of hydrogen-bond donors (Lipinski definition) is 0. The van der Waals surface area contributed by atoms with Crippen molar-refractivity contribution in [2.24, 2.45) is 0 Å². The van der Waals surface area contributed by atoms with Crippen LogP contribution in [0.2, 0.25) is 0 Å². The maximum atomic E-state index is 8.52. The van der Waals surface area contributed by atoms with E-state index in [0.29, 0.717) is 6.42 Å². The molecule has 2 aromatic carbocycles. The lowest BCUT2D eigenvalue weighted by atomic mass is 10.00. The van der Waals surface area contributed by atoms with Crippen LogP contribution in [0.4, 0.5) is 0 Å². The number of aromatic nitrogens is 2. The highest BCUT2D eigenvalue weighted by Crippen LogP contribution is 2.44. The van der Waals surface area contributed by atoms with Gasteiger partial charge in [0.25, 0.3) is 5.54 Å². The van der Waals surface area contributed by atoms with E-state index in [-0.39, 0.29) is 5.54 Å². The predicted molar refractivity (Wildman–Crippen MR) is 168 cm³/mol. The van der Waals surface area contributed by atoms with Gasteiger partial charge in [0.2, 0.25) is 0 Å². The van der Waals surface area contributed by atoms with Gasteiger partial charge in [-0.05, 0) is 25.7 Å². The number of halogens is 2. The van der Waals surface area contributed by atoms with Crippen LogP contribution in [-0.4, -0.2) is 20.6 Å². The standard InChI is InChI=1S/C15H14N2S.C11H8N2S.C4H8Br2/c1-16-15(9-5-6-10-15)14-17-13(11-18-14)12-7-3-2-4-8-12;12-7-6-11-13-10(8-14-11)9-4-2-1-3-5-9;5-3-1-2-4-6/h2-4,7-8,11H,5-6,9-10H2;1-5,8H,6H2;1-4H2. The zero-order valence-corrected chi connectivity index (χ0v) is 26.0. The minimum absolute atomic E-state index is 0.322. The lowest BCUT2D eigenvalue weighted by Gasteiger charge is -2.11. The van der Waals surface area contributed by atoms with Crippen molar-refractivity contribution in [3.8, 4) is 28.6 Å². The minimum Gasteiger partial charge on any atom is -0.303 e. The van der Waals surface area contributed by atoms with Gasteiger partial charge in [0.1, 0.15) is 5.01 Å². The molecule has 1 aliphatic carbocycles. The highest BCUT2D eigenvalue weighted by Gasteiger charge is 2.44. The van der Waals surface area contributed by atoms with Crippen LogP contribution in [0.3, 0.4) is 0 Å². The first-order chi connectivity index (χ1) is 18.7. The summed E-state index contributed by atoms with van der Waals surface area (Å²) in [5.74, 6) is 0. The van der Waals surface area contributed by atoms with Gasteiger partial charge >= 0.3 is 0 Å². The summed E-state index contributed by atoms with van der Waals surface area (Å²) in [4.78, 5) is 13.0. The van der Waals surface area contributed by atoms with Gasteiger partial charge in [-0.3, -0.25) is 0 Å². The van der Waals surface area contributed by atoms with Crippen LogP contribution in [0.5, 0.6) is 0 Å². The molecule has 0 bridgehead atoms. The van der Waals surface area contributed by atoms with Crippen molar-refractivity contribution < 1.29 is 0 Å². The molecular formula is C30H30Br2N4S2. The summed E-state index contributed by atoms with van der Waals surface area (Å²) in [6.45, 7) is 7.49. The van der Waals surface area contributed by atoms with Crippen LogP contribution in [0.25, 0.3) is 27.4 Å². The van der Waals surface area contributed by atoms with Gasteiger partial charge in [0.15, 0.2) is 5.01 Å². The number of benzene rings is 2. The van der Waals surface area contributed by atoms with E-state index in [9.17, 15) is 0 Å². The van der Waals surface area contributed by atoms with Crippen LogP contribution in [0.1, 0.15) is 48.5 Å². The SMILES string of the molecule is BrCCCCBr.N#CCc1nc(-c2ccccc2)cs1.[C-]#[N+]C1(c2nc(-c3ccccc3)cs2)CCCC1. The molecular weight excluding hydrogens is 640 g/mol. The van der Waals surface area contributed by atoms with Crippen LogP contribution < -0.4 is 0 Å². The van der Waals surface area contributed by atoms with Crippen molar-refractivity contribution in [3.05, 3.63) is 92.9 Å². The Labute approximate surface area is 250 Å². The van der Waals surface area contributed by atoms with Crippen LogP contribution >= 0.6 is 54.5 Å². The third-order valence-corrected chi connectivity index (χ3v) is 8.99. The molecule has 4 aromatic rings. The molecule has 2 aromatic heterocycles. The summed E-state index contributed by atoms with van der Waals surface area (Å²) >= 11 is 9.83. The first-order valence-electron chi connectivity index (χ1n) is 12.5. The third kappa shape index (κ3) is 8.85. The van der Waals surface area contributed by atoms with Crippen LogP contribution in [-0.2, 0) is 12.0 Å². The molecule has 38 heavy (non-hydrogen) atoms. The normalized spacial score (nSPS) is 13.3. The Morgan fingerprint density at radius 3 is 1.87 bits per heavy atom. The topological polar surface area (TPSA) is 53.9 Å². The highest BCUT2D eigenvalue weighted by molar-refractivity contribution is 9.09. The molecule has 1 aliphatic rings. The summed E-state index contributed by atoms with van der Waals surface area (Å²) < 4.78 is 0. The molecule has 2 heterocycles. The fourth-order valence-corrected chi connectivity index (χ4v) is 6.51. The Morgan fingerprint density at radius 2 is 1.37 bits per heavy atom. The maximum absolute atomic E-state index is 8.52. The summed E-state index contributed by atoms with van der Waals surface area (Å²) in [5, 5.41) is 16.7. The molecule has 1 fully saturated rings. The number of unbranched alkanes of at least 4 members (excludes halogenated alkanes) is 1. The van der Waals surface area contributed by atoms with Gasteiger partial charge < -0.3 is 4.85 Å². The molecule has 8 heteroatoms. The van der Waals surface area contributed by atoms with Gasteiger partial charge in [-0.25, -0.2) is 16.5 Å². The quantitative estimate of drug-likeness (QED) is 0.112. The van der Waals surface area contributed by atoms with Gasteiger partial charge in [0, 0.05) is 45.4 Å². The fraction of sp³-hybridized carbons (Fsp3) is 0.333. The fourth-order valence-electron chi connectivity index (χ4n) is 3.95. The monoisotopic (exact) mass is 668 g/mol. The van der Waals surface area contributed by atoms with Crippen molar-refractivity contribution in [2.75, 3.05) is 10.7 Å². The number of nitriles is 1. The molecule has 4 nitrogen and oxygen atoms in total. The van der Waals surface area contributed by atoms with Crippen LogP contribution in [0.15, 0.2) is 71.4 Å². The second-order valence-electron chi connectivity index (χ2n) is 8.67.